The second-order valence-corrected chi connectivity index (χ2v) is 9.40. The standard InChI is InChI=1S/C27H36N2O4/c1-20-18-29(14-12-27(20,3)24-10-7-11-25(31)17-24)19-23(16-22-8-5-4-6-9-22)26(32)28-13-15-33-21(2)30/h4-11,17,20,23,31H,12-16,18-19H2,1-3H3,(H,28,32)/t20-,23?,27+/m0/s1. The Morgan fingerprint density at radius 3 is 2.64 bits per heavy atom. The third-order valence-electron chi connectivity index (χ3n) is 6.95. The van der Waals surface area contributed by atoms with E-state index >= 15 is 0 Å². The molecule has 6 heteroatoms. The van der Waals surface area contributed by atoms with Gasteiger partial charge in [0.1, 0.15) is 12.4 Å². The first kappa shape index (κ1) is 24.8. The van der Waals surface area contributed by atoms with Gasteiger partial charge in [-0.1, -0.05) is 56.3 Å². The van der Waals surface area contributed by atoms with Crippen LogP contribution in [-0.2, 0) is 26.2 Å². The van der Waals surface area contributed by atoms with Crippen molar-refractivity contribution >= 4 is 11.9 Å². The molecule has 2 aromatic carbocycles. The maximum Gasteiger partial charge on any atom is 0.302 e. The zero-order valence-electron chi connectivity index (χ0n) is 19.9. The number of aromatic hydroxyl groups is 1. The van der Waals surface area contributed by atoms with Crippen molar-refractivity contribution in [2.45, 2.75) is 39.0 Å². The lowest BCUT2D eigenvalue weighted by molar-refractivity contribution is -0.141. The van der Waals surface area contributed by atoms with Crippen LogP contribution >= 0.6 is 0 Å². The molecule has 3 rings (SSSR count). The van der Waals surface area contributed by atoms with Crippen LogP contribution < -0.4 is 5.32 Å². The monoisotopic (exact) mass is 452 g/mol. The molecule has 0 radical (unpaired) electrons. The Hall–Kier alpha value is -2.86. The second kappa shape index (κ2) is 11.3. The van der Waals surface area contributed by atoms with Crippen LogP contribution in [0.15, 0.2) is 54.6 Å². The predicted octanol–water partition coefficient (Wildman–Crippen LogP) is 3.53. The van der Waals surface area contributed by atoms with E-state index in [9.17, 15) is 14.7 Å². The average Bonchev–Trinajstić information content (AvgIpc) is 2.79. The number of rotatable bonds is 9. The van der Waals surface area contributed by atoms with Crippen LogP contribution in [-0.4, -0.2) is 54.7 Å². The lowest BCUT2D eigenvalue weighted by atomic mass is 9.68. The highest BCUT2D eigenvalue weighted by molar-refractivity contribution is 5.79. The van der Waals surface area contributed by atoms with Crippen molar-refractivity contribution in [2.75, 3.05) is 32.8 Å². The van der Waals surface area contributed by atoms with Crippen molar-refractivity contribution in [1.29, 1.82) is 0 Å². The summed E-state index contributed by atoms with van der Waals surface area (Å²) in [6.07, 6.45) is 1.62. The summed E-state index contributed by atoms with van der Waals surface area (Å²) in [5.41, 5.74) is 2.28. The summed E-state index contributed by atoms with van der Waals surface area (Å²) in [6, 6.07) is 17.7. The minimum atomic E-state index is -0.345. The molecule has 1 fully saturated rings. The van der Waals surface area contributed by atoms with E-state index < -0.39 is 0 Å². The maximum atomic E-state index is 13.0. The van der Waals surface area contributed by atoms with E-state index in [0.29, 0.717) is 31.2 Å². The Labute approximate surface area is 196 Å². The van der Waals surface area contributed by atoms with Gasteiger partial charge >= 0.3 is 5.97 Å². The van der Waals surface area contributed by atoms with Crippen LogP contribution in [0.4, 0.5) is 0 Å². The normalized spacial score (nSPS) is 21.8. The van der Waals surface area contributed by atoms with E-state index in [-0.39, 0.29) is 29.8 Å². The number of ether oxygens (including phenoxy) is 1. The van der Waals surface area contributed by atoms with Crippen LogP contribution in [0.25, 0.3) is 0 Å². The summed E-state index contributed by atoms with van der Waals surface area (Å²) in [5, 5.41) is 12.9. The number of piperidine rings is 1. The summed E-state index contributed by atoms with van der Waals surface area (Å²) in [6.45, 7) is 8.84. The smallest absolute Gasteiger partial charge is 0.302 e. The summed E-state index contributed by atoms with van der Waals surface area (Å²) in [7, 11) is 0. The van der Waals surface area contributed by atoms with Crippen molar-refractivity contribution in [2.24, 2.45) is 11.8 Å². The van der Waals surface area contributed by atoms with Crippen LogP contribution in [0.5, 0.6) is 5.75 Å². The molecule has 0 aliphatic carbocycles. The molecule has 1 aliphatic heterocycles. The fraction of sp³-hybridized carbons (Fsp3) is 0.481. The zero-order chi connectivity index (χ0) is 23.8. The molecule has 1 saturated heterocycles. The minimum absolute atomic E-state index is 0.0139. The van der Waals surface area contributed by atoms with E-state index in [2.05, 4.69) is 42.3 Å². The van der Waals surface area contributed by atoms with Gasteiger partial charge in [0.05, 0.1) is 12.5 Å². The van der Waals surface area contributed by atoms with Crippen LogP contribution in [0, 0.1) is 11.8 Å². The lowest BCUT2D eigenvalue weighted by Gasteiger charge is -2.45. The van der Waals surface area contributed by atoms with Gasteiger partial charge in [0.2, 0.25) is 5.91 Å². The lowest BCUT2D eigenvalue weighted by Crippen LogP contribution is -2.50. The molecule has 1 heterocycles. The first-order chi connectivity index (χ1) is 15.8. The van der Waals surface area contributed by atoms with Gasteiger partial charge in [0.15, 0.2) is 0 Å². The Morgan fingerprint density at radius 2 is 1.97 bits per heavy atom. The number of nitrogens with zero attached hydrogens (tertiary/aromatic N) is 1. The topological polar surface area (TPSA) is 78.9 Å². The van der Waals surface area contributed by atoms with Crippen molar-refractivity contribution in [3.63, 3.8) is 0 Å². The molecule has 1 amide bonds. The van der Waals surface area contributed by atoms with Crippen molar-refractivity contribution in [1.82, 2.24) is 10.2 Å². The molecule has 6 nitrogen and oxygen atoms in total. The number of benzene rings is 2. The molecule has 2 N–H and O–H groups in total. The number of likely N-dealkylation sites (tertiary alicyclic amines) is 1. The van der Waals surface area contributed by atoms with Gasteiger partial charge in [0.25, 0.3) is 0 Å². The van der Waals surface area contributed by atoms with Crippen molar-refractivity contribution in [3.8, 4) is 5.75 Å². The van der Waals surface area contributed by atoms with Gasteiger partial charge in [-0.2, -0.15) is 0 Å². The third-order valence-corrected chi connectivity index (χ3v) is 6.95. The Balaban J connectivity index is 1.65. The zero-order valence-corrected chi connectivity index (χ0v) is 19.9. The summed E-state index contributed by atoms with van der Waals surface area (Å²) in [5.74, 6) is 0.123. The Bertz CT molecular complexity index is 933. The number of phenolic OH excluding ortho intramolecular Hbond substituents is 1. The predicted molar refractivity (Wildman–Crippen MR) is 129 cm³/mol. The third kappa shape index (κ3) is 6.81. The van der Waals surface area contributed by atoms with E-state index in [4.69, 9.17) is 4.74 Å². The molecule has 0 aromatic heterocycles. The first-order valence-electron chi connectivity index (χ1n) is 11.7. The molecule has 0 bridgehead atoms. The van der Waals surface area contributed by atoms with E-state index in [0.717, 1.165) is 25.1 Å². The highest BCUT2D eigenvalue weighted by Gasteiger charge is 2.39. The second-order valence-electron chi connectivity index (χ2n) is 9.40. The number of carbonyl (C=O) groups is 2. The van der Waals surface area contributed by atoms with Gasteiger partial charge in [-0.25, -0.2) is 0 Å². The molecule has 3 atom stereocenters. The van der Waals surface area contributed by atoms with Gasteiger partial charge in [0, 0.05) is 20.0 Å². The maximum absolute atomic E-state index is 13.0. The molecule has 1 aliphatic rings. The molecular formula is C27H36N2O4. The highest BCUT2D eigenvalue weighted by Crippen LogP contribution is 2.40. The molecular weight excluding hydrogens is 416 g/mol. The summed E-state index contributed by atoms with van der Waals surface area (Å²) >= 11 is 0. The number of amides is 1. The fourth-order valence-electron chi connectivity index (χ4n) is 4.74. The molecule has 0 saturated carbocycles. The summed E-state index contributed by atoms with van der Waals surface area (Å²) in [4.78, 5) is 26.4. The molecule has 1 unspecified atom stereocenters. The minimum Gasteiger partial charge on any atom is -0.508 e. The quantitative estimate of drug-likeness (QED) is 0.450. The number of carbonyl (C=O) groups excluding carboxylic acids is 2. The van der Waals surface area contributed by atoms with Crippen molar-refractivity contribution < 1.29 is 19.4 Å². The van der Waals surface area contributed by atoms with Gasteiger partial charge in [-0.3, -0.25) is 9.59 Å². The average molecular weight is 453 g/mol. The van der Waals surface area contributed by atoms with Crippen LogP contribution in [0.2, 0.25) is 0 Å². The summed E-state index contributed by atoms with van der Waals surface area (Å²) < 4.78 is 4.95. The SMILES string of the molecule is CC(=O)OCCNC(=O)C(Cc1ccccc1)CN1CC[C@@](C)(c2cccc(O)c2)[C@@H](C)C1. The largest absolute Gasteiger partial charge is 0.508 e. The van der Waals surface area contributed by atoms with E-state index in [1.54, 1.807) is 6.07 Å². The highest BCUT2D eigenvalue weighted by atomic mass is 16.5. The number of esters is 1. The fourth-order valence-corrected chi connectivity index (χ4v) is 4.74. The Kier molecular flexibility index (Phi) is 8.50. The van der Waals surface area contributed by atoms with Crippen molar-refractivity contribution in [3.05, 3.63) is 65.7 Å². The number of nitrogens with one attached hydrogen (secondary N) is 1. The number of hydrogen-bond acceptors (Lipinski definition) is 5. The van der Waals surface area contributed by atoms with Crippen LogP contribution in [0.3, 0.4) is 0 Å². The van der Waals surface area contributed by atoms with E-state index in [1.807, 2.05) is 30.3 Å². The molecule has 178 valence electrons. The van der Waals surface area contributed by atoms with Gasteiger partial charge in [-0.15, -0.1) is 0 Å². The molecule has 0 spiro atoms. The Morgan fingerprint density at radius 1 is 1.21 bits per heavy atom. The van der Waals surface area contributed by atoms with Gasteiger partial charge in [-0.05, 0) is 54.0 Å². The first-order valence-corrected chi connectivity index (χ1v) is 11.7. The van der Waals surface area contributed by atoms with E-state index in [1.165, 1.54) is 12.5 Å². The van der Waals surface area contributed by atoms with Gasteiger partial charge < -0.3 is 20.1 Å². The molecule has 33 heavy (non-hydrogen) atoms. The number of hydrogen-bond donors (Lipinski definition) is 2. The number of phenols is 1. The van der Waals surface area contributed by atoms with Crippen LogP contribution in [0.1, 0.15) is 38.3 Å². The molecule has 2 aromatic rings.